The van der Waals surface area contributed by atoms with Gasteiger partial charge in [0.15, 0.2) is 0 Å². The molecule has 0 N–H and O–H groups in total. The first kappa shape index (κ1) is 35.8. The third kappa shape index (κ3) is 36.6. The zero-order valence-electron chi connectivity index (χ0n) is 21.5. The largest absolute Gasteiger partial charge is 0.672 e. The molecule has 3 nitrogen and oxygen atoms in total. The zero-order chi connectivity index (χ0) is 23.5. The summed E-state index contributed by atoms with van der Waals surface area (Å²) in [5.74, 6) is 0. The summed E-state index contributed by atoms with van der Waals surface area (Å²) in [5, 5.41) is 0. The second-order valence-corrected chi connectivity index (χ2v) is 26.0. The van der Waals surface area contributed by atoms with E-state index in [1.807, 2.05) is 0 Å². The van der Waals surface area contributed by atoms with Gasteiger partial charge in [0.25, 0.3) is 0 Å². The molecule has 30 heavy (non-hydrogen) atoms. The predicted octanol–water partition coefficient (Wildman–Crippen LogP) is 6.89. The van der Waals surface area contributed by atoms with E-state index in [2.05, 4.69) is 41.5 Å². The van der Waals surface area contributed by atoms with Crippen LogP contribution in [0.1, 0.15) is 119 Å². The molecule has 0 atom stereocenters. The smallest absolute Gasteiger partial charge is 0.0172 e. The molecular formula is C24H54O3SiSn2. The molecule has 0 fully saturated rings. The molecule has 0 amide bonds. The van der Waals surface area contributed by atoms with Crippen molar-refractivity contribution >= 4 is 48.7 Å². The van der Waals surface area contributed by atoms with Crippen molar-refractivity contribution in [3.05, 3.63) is 0 Å². The van der Waals surface area contributed by atoms with Gasteiger partial charge in [-0.25, -0.2) is 0 Å². The van der Waals surface area contributed by atoms with E-state index in [0.29, 0.717) is 0 Å². The van der Waals surface area contributed by atoms with Gasteiger partial charge in [-0.2, -0.15) is 0 Å². The average Bonchev–Trinajstić information content (AvgIpc) is 2.72. The van der Waals surface area contributed by atoms with Crippen LogP contribution in [0.25, 0.3) is 0 Å². The first-order chi connectivity index (χ1) is 14.4. The number of unbranched alkanes of at least 4 members (excludes halogenated alkanes) is 6. The van der Waals surface area contributed by atoms with Crippen molar-refractivity contribution in [2.24, 2.45) is 0 Å². The van der Waals surface area contributed by atoms with E-state index in [1.165, 1.54) is 77.0 Å². The summed E-state index contributed by atoms with van der Waals surface area (Å²) in [5.41, 5.74) is 0. The van der Waals surface area contributed by atoms with E-state index in [9.17, 15) is 0 Å². The van der Waals surface area contributed by atoms with Gasteiger partial charge in [-0.05, 0) is 0 Å². The Labute approximate surface area is 206 Å². The molecule has 6 heteroatoms. The second kappa shape index (κ2) is 32.4. The summed E-state index contributed by atoms with van der Waals surface area (Å²) in [4.78, 5) is 17.0. The minimum Gasteiger partial charge on any atom is -0.672 e. The fraction of sp³-hybridized carbons (Fsp3) is 1.00. The van der Waals surface area contributed by atoms with Crippen molar-refractivity contribution < 1.29 is 14.1 Å². The first-order valence-electron chi connectivity index (χ1n) is 13.0. The number of rotatable bonds is 18. The summed E-state index contributed by atoms with van der Waals surface area (Å²) < 4.78 is 18.6. The fourth-order valence-corrected chi connectivity index (χ4v) is 22.2. The summed E-state index contributed by atoms with van der Waals surface area (Å²) in [6.07, 6.45) is 17.7. The van der Waals surface area contributed by atoms with Gasteiger partial charge < -0.3 is 14.1 Å². The predicted molar refractivity (Wildman–Crippen MR) is 136 cm³/mol. The molecule has 0 rings (SSSR count). The molecule has 0 aliphatic rings. The van der Waals surface area contributed by atoms with E-state index in [4.69, 9.17) is 14.1 Å². The van der Waals surface area contributed by atoms with E-state index in [1.54, 1.807) is 26.6 Å². The summed E-state index contributed by atoms with van der Waals surface area (Å²) in [6, 6.07) is 0. The molecule has 0 radical (unpaired) electrons. The Morgan fingerprint density at radius 2 is 0.600 bits per heavy atom. The molecule has 0 spiro atoms. The molecule has 0 aromatic carbocycles. The van der Waals surface area contributed by atoms with Gasteiger partial charge in [0, 0.05) is 9.17 Å². The maximum atomic E-state index is 8.52. The van der Waals surface area contributed by atoms with Crippen LogP contribution in [0.3, 0.4) is 0 Å². The third-order valence-electron chi connectivity index (χ3n) is 5.30. The Balaban J connectivity index is -0.000000412. The monoisotopic (exact) mass is 658 g/mol. The summed E-state index contributed by atoms with van der Waals surface area (Å²) in [6.45, 7) is 14.0. The molecule has 0 bridgehead atoms. The molecule has 0 aromatic heterocycles. The molecule has 0 aromatic rings. The second-order valence-electron chi connectivity index (χ2n) is 8.37. The molecular weight excluding hydrogens is 602 g/mol. The van der Waals surface area contributed by atoms with Crippen LogP contribution in [0.2, 0.25) is 26.6 Å². The van der Waals surface area contributed by atoms with Gasteiger partial charge >= 0.3 is 185 Å². The minimum atomic E-state index is -3.63. The van der Waals surface area contributed by atoms with Crippen molar-refractivity contribution in [3.63, 3.8) is 0 Å². The van der Waals surface area contributed by atoms with Crippen molar-refractivity contribution in [3.8, 4) is 0 Å². The standard InChI is InChI=1S/6C4H9.O3Si.2Sn/c6*1-3-4-2;1-4(2)3;;/h6*1,3-4H2,2H3;;;/q;;;;;;-2;2*+1. The van der Waals surface area contributed by atoms with Crippen LogP contribution in [0, 0.1) is 0 Å². The van der Waals surface area contributed by atoms with Gasteiger partial charge in [0.2, 0.25) is 0 Å². The van der Waals surface area contributed by atoms with Gasteiger partial charge in [-0.3, -0.25) is 0 Å². The SMILES string of the molecule is CCC[CH2][Sn+]([CH2]CCC)[CH2]CCC.CCC[CH2][Sn+]([CH2]CCC)[CH2]CCC.O=[Si]([O-])[O-]. The van der Waals surface area contributed by atoms with Crippen LogP contribution in [0.4, 0.5) is 0 Å². The Hall–Kier alpha value is 1.21. The van der Waals surface area contributed by atoms with E-state index < -0.39 is 48.7 Å². The van der Waals surface area contributed by atoms with Crippen molar-refractivity contribution in [2.45, 2.75) is 145 Å². The third-order valence-corrected chi connectivity index (χ3v) is 23.5. The van der Waals surface area contributed by atoms with Crippen LogP contribution in [0.5, 0.6) is 0 Å². The maximum absolute atomic E-state index is 8.52. The fourth-order valence-electron chi connectivity index (χ4n) is 3.31. The molecule has 0 unspecified atom stereocenters. The maximum Gasteiger partial charge on any atom is 0.0172 e. The van der Waals surface area contributed by atoms with Crippen molar-refractivity contribution in [1.29, 1.82) is 0 Å². The molecule has 0 heterocycles. The summed E-state index contributed by atoms with van der Waals surface area (Å²) in [7, 11) is -3.63. The first-order valence-corrected chi connectivity index (χ1v) is 26.3. The molecule has 0 aliphatic heterocycles. The molecule has 0 saturated heterocycles. The molecule has 180 valence electrons. The van der Waals surface area contributed by atoms with Gasteiger partial charge in [0.05, 0.1) is 0 Å². The Morgan fingerprint density at radius 3 is 0.700 bits per heavy atom. The van der Waals surface area contributed by atoms with Crippen LogP contribution in [0.15, 0.2) is 0 Å². The van der Waals surface area contributed by atoms with Gasteiger partial charge in [-0.1, -0.05) is 0 Å². The summed E-state index contributed by atoms with van der Waals surface area (Å²) >= 11 is -1.68. The van der Waals surface area contributed by atoms with Crippen LogP contribution in [-0.2, 0) is 4.46 Å². The molecule has 0 saturated carbocycles. The normalized spacial score (nSPS) is 9.80. The zero-order valence-corrected chi connectivity index (χ0v) is 28.2. The molecule has 0 aliphatic carbocycles. The van der Waals surface area contributed by atoms with Gasteiger partial charge in [-0.15, -0.1) is 0 Å². The van der Waals surface area contributed by atoms with Crippen LogP contribution >= 0.6 is 0 Å². The van der Waals surface area contributed by atoms with Crippen molar-refractivity contribution in [1.82, 2.24) is 0 Å². The van der Waals surface area contributed by atoms with E-state index >= 15 is 0 Å². The number of hydrogen-bond acceptors (Lipinski definition) is 3. The minimum absolute atomic E-state index is 0.839. The van der Waals surface area contributed by atoms with Crippen molar-refractivity contribution in [2.75, 3.05) is 0 Å². The van der Waals surface area contributed by atoms with Crippen LogP contribution in [-0.4, -0.2) is 48.7 Å². The van der Waals surface area contributed by atoms with Crippen LogP contribution < -0.4 is 9.59 Å². The average molecular weight is 656 g/mol. The van der Waals surface area contributed by atoms with E-state index in [0.717, 1.165) is 0 Å². The van der Waals surface area contributed by atoms with E-state index in [-0.39, 0.29) is 0 Å². The van der Waals surface area contributed by atoms with Gasteiger partial charge in [0.1, 0.15) is 0 Å². The Bertz CT molecular complexity index is 255. The number of hydrogen-bond donors (Lipinski definition) is 0. The quantitative estimate of drug-likeness (QED) is 0.151. The Morgan fingerprint density at radius 1 is 0.467 bits per heavy atom. The Kier molecular flexibility index (Phi) is 38.7. The topological polar surface area (TPSA) is 63.2 Å².